The zero-order chi connectivity index (χ0) is 11.7. The highest BCUT2D eigenvalue weighted by Gasteiger charge is 2.10. The van der Waals surface area contributed by atoms with Crippen molar-refractivity contribution in [2.45, 2.75) is 6.54 Å². The number of rotatable bonds is 3. The summed E-state index contributed by atoms with van der Waals surface area (Å²) in [6, 6.07) is 4.06. The van der Waals surface area contributed by atoms with Gasteiger partial charge in [-0.2, -0.15) is 0 Å². The van der Waals surface area contributed by atoms with Crippen LogP contribution in [0.2, 0.25) is 0 Å². The zero-order valence-corrected chi connectivity index (χ0v) is 10.4. The molecule has 0 aromatic carbocycles. The number of anilines is 1. The van der Waals surface area contributed by atoms with Gasteiger partial charge in [-0.15, -0.1) is 16.4 Å². The molecule has 0 aliphatic rings. The van der Waals surface area contributed by atoms with Crippen LogP contribution >= 0.6 is 22.9 Å². The van der Waals surface area contributed by atoms with Gasteiger partial charge in [-0.1, -0.05) is 10.6 Å². The lowest BCUT2D eigenvalue weighted by molar-refractivity contribution is 0.779. The average molecular weight is 263 g/mol. The topological polar surface area (TPSA) is 69.6 Å². The van der Waals surface area contributed by atoms with Gasteiger partial charge in [0.1, 0.15) is 16.5 Å². The van der Waals surface area contributed by atoms with E-state index in [-0.39, 0.29) is 0 Å². The summed E-state index contributed by atoms with van der Waals surface area (Å²) in [6.07, 6.45) is 3.71. The average Bonchev–Trinajstić information content (AvgIpc) is 3.02. The lowest BCUT2D eigenvalue weighted by Gasteiger charge is -2.04. The van der Waals surface area contributed by atoms with Gasteiger partial charge in [0.2, 0.25) is 0 Å². The van der Waals surface area contributed by atoms with Crippen molar-refractivity contribution >= 4 is 27.9 Å². The second-order valence-electron chi connectivity index (χ2n) is 3.44. The first-order valence-corrected chi connectivity index (χ1v) is 6.61. The van der Waals surface area contributed by atoms with Gasteiger partial charge in [0.15, 0.2) is 0 Å². The molecule has 5 nitrogen and oxygen atoms in total. The Kier molecular flexibility index (Phi) is 2.62. The third-order valence-corrected chi connectivity index (χ3v) is 3.82. The number of imidazole rings is 1. The Morgan fingerprint density at radius 1 is 1.41 bits per heavy atom. The van der Waals surface area contributed by atoms with E-state index in [4.69, 9.17) is 5.73 Å². The molecule has 0 atom stereocenters. The normalized spacial score (nSPS) is 10.8. The van der Waals surface area contributed by atoms with Crippen molar-refractivity contribution in [2.75, 3.05) is 5.73 Å². The van der Waals surface area contributed by atoms with Crippen molar-refractivity contribution in [3.63, 3.8) is 0 Å². The lowest BCUT2D eigenvalue weighted by atomic mass is 10.4. The predicted molar refractivity (Wildman–Crippen MR) is 69.0 cm³/mol. The molecule has 0 aliphatic carbocycles. The molecule has 3 heterocycles. The van der Waals surface area contributed by atoms with E-state index in [2.05, 4.69) is 14.6 Å². The molecular formula is C10H9N5S2. The van der Waals surface area contributed by atoms with Crippen LogP contribution in [0, 0.1) is 0 Å². The highest BCUT2D eigenvalue weighted by molar-refractivity contribution is 7.13. The van der Waals surface area contributed by atoms with Crippen molar-refractivity contribution in [1.29, 1.82) is 0 Å². The van der Waals surface area contributed by atoms with E-state index in [0.717, 1.165) is 16.4 Å². The summed E-state index contributed by atoms with van der Waals surface area (Å²) in [5, 5.41) is 6.71. The molecule has 0 spiro atoms. The van der Waals surface area contributed by atoms with Gasteiger partial charge in [-0.05, 0) is 11.4 Å². The number of aromatic nitrogens is 4. The van der Waals surface area contributed by atoms with Crippen LogP contribution in [-0.2, 0) is 6.54 Å². The largest absolute Gasteiger partial charge is 0.388 e. The fraction of sp³-hybridized carbons (Fsp3) is 0.100. The number of nitrogens with zero attached hydrogens (tertiary/aromatic N) is 4. The fourth-order valence-corrected chi connectivity index (χ4v) is 2.73. The molecule has 2 N–H and O–H groups in total. The molecule has 3 rings (SSSR count). The molecule has 0 unspecified atom stereocenters. The summed E-state index contributed by atoms with van der Waals surface area (Å²) < 4.78 is 5.86. The van der Waals surface area contributed by atoms with Crippen LogP contribution in [0.15, 0.2) is 29.9 Å². The molecule has 0 saturated carbocycles. The molecule has 86 valence electrons. The minimum Gasteiger partial charge on any atom is -0.388 e. The Hall–Kier alpha value is -1.73. The molecular weight excluding hydrogens is 254 g/mol. The van der Waals surface area contributed by atoms with E-state index >= 15 is 0 Å². The van der Waals surface area contributed by atoms with Gasteiger partial charge < -0.3 is 10.3 Å². The van der Waals surface area contributed by atoms with E-state index in [1.54, 1.807) is 17.5 Å². The van der Waals surface area contributed by atoms with Gasteiger partial charge in [-0.25, -0.2) is 4.98 Å². The smallest absolute Gasteiger partial charge is 0.150 e. The van der Waals surface area contributed by atoms with Crippen LogP contribution < -0.4 is 5.73 Å². The molecule has 0 bridgehead atoms. The van der Waals surface area contributed by atoms with Crippen LogP contribution in [0.25, 0.3) is 10.7 Å². The highest BCUT2D eigenvalue weighted by Crippen LogP contribution is 2.24. The first-order chi connectivity index (χ1) is 8.34. The van der Waals surface area contributed by atoms with Crippen LogP contribution in [0.5, 0.6) is 0 Å². The van der Waals surface area contributed by atoms with Crippen LogP contribution in [0.3, 0.4) is 0 Å². The third kappa shape index (κ3) is 1.94. The summed E-state index contributed by atoms with van der Waals surface area (Å²) in [5.41, 5.74) is 6.59. The molecule has 17 heavy (non-hydrogen) atoms. The Bertz CT molecular complexity index is 610. The van der Waals surface area contributed by atoms with Crippen LogP contribution in [0.1, 0.15) is 5.69 Å². The fourth-order valence-electron chi connectivity index (χ4n) is 1.55. The van der Waals surface area contributed by atoms with Gasteiger partial charge in [0.05, 0.1) is 11.4 Å². The molecule has 0 amide bonds. The van der Waals surface area contributed by atoms with Crippen molar-refractivity contribution in [3.8, 4) is 10.7 Å². The predicted octanol–water partition coefficient (Wildman–Crippen LogP) is 2.09. The van der Waals surface area contributed by atoms with Gasteiger partial charge in [0.25, 0.3) is 0 Å². The number of hydrogen-bond acceptors (Lipinski definition) is 6. The van der Waals surface area contributed by atoms with E-state index in [9.17, 15) is 0 Å². The zero-order valence-electron chi connectivity index (χ0n) is 8.78. The summed E-state index contributed by atoms with van der Waals surface area (Å²) in [7, 11) is 0. The number of hydrogen-bond donors (Lipinski definition) is 1. The first-order valence-electron chi connectivity index (χ1n) is 4.96. The molecule has 0 saturated heterocycles. The maximum absolute atomic E-state index is 5.79. The SMILES string of the molecule is Nc1snnc1Cn1ccnc1-c1cccs1. The number of nitrogen functional groups attached to an aromatic ring is 1. The van der Waals surface area contributed by atoms with Gasteiger partial charge in [0, 0.05) is 23.9 Å². The molecule has 3 aromatic rings. The standard InChI is InChI=1S/C10H9N5S2/c11-9-7(13-14-17-9)6-15-4-3-12-10(15)8-2-1-5-16-8/h1-5H,6,11H2. The molecule has 7 heteroatoms. The van der Waals surface area contributed by atoms with Crippen molar-refractivity contribution in [1.82, 2.24) is 19.1 Å². The van der Waals surface area contributed by atoms with E-state index in [1.807, 2.05) is 28.3 Å². The molecule has 0 radical (unpaired) electrons. The first kappa shape index (κ1) is 10.4. The summed E-state index contributed by atoms with van der Waals surface area (Å²) in [5.74, 6) is 0.937. The van der Waals surface area contributed by atoms with Gasteiger partial charge >= 0.3 is 0 Å². The number of thiophene rings is 1. The van der Waals surface area contributed by atoms with E-state index in [1.165, 1.54) is 11.5 Å². The van der Waals surface area contributed by atoms with Gasteiger partial charge in [-0.3, -0.25) is 0 Å². The van der Waals surface area contributed by atoms with E-state index in [0.29, 0.717) is 11.5 Å². The Morgan fingerprint density at radius 3 is 3.06 bits per heavy atom. The van der Waals surface area contributed by atoms with Crippen LogP contribution in [-0.4, -0.2) is 19.1 Å². The Balaban J connectivity index is 1.95. The molecule has 0 aliphatic heterocycles. The summed E-state index contributed by atoms with van der Waals surface area (Å²) >= 11 is 2.88. The summed E-state index contributed by atoms with van der Waals surface area (Å²) in [6.45, 7) is 0.607. The summed E-state index contributed by atoms with van der Waals surface area (Å²) in [4.78, 5) is 5.49. The molecule has 0 fully saturated rings. The maximum Gasteiger partial charge on any atom is 0.150 e. The van der Waals surface area contributed by atoms with Crippen molar-refractivity contribution < 1.29 is 0 Å². The molecule has 3 aromatic heterocycles. The van der Waals surface area contributed by atoms with Crippen LogP contribution in [0.4, 0.5) is 5.00 Å². The Morgan fingerprint density at radius 2 is 2.35 bits per heavy atom. The minimum absolute atomic E-state index is 0.607. The monoisotopic (exact) mass is 263 g/mol. The highest BCUT2D eigenvalue weighted by atomic mass is 32.1. The second kappa shape index (κ2) is 4.27. The van der Waals surface area contributed by atoms with E-state index < -0.39 is 0 Å². The number of nitrogens with two attached hydrogens (primary N) is 1. The van der Waals surface area contributed by atoms with Crippen molar-refractivity contribution in [3.05, 3.63) is 35.6 Å². The van der Waals surface area contributed by atoms with Crippen molar-refractivity contribution in [2.24, 2.45) is 0 Å². The Labute approximate surface area is 106 Å². The quantitative estimate of drug-likeness (QED) is 0.785. The minimum atomic E-state index is 0.607. The maximum atomic E-state index is 5.79. The lowest BCUT2D eigenvalue weighted by Crippen LogP contribution is -2.03. The second-order valence-corrected chi connectivity index (χ2v) is 5.17. The third-order valence-electron chi connectivity index (χ3n) is 2.36.